The van der Waals surface area contributed by atoms with Gasteiger partial charge in [-0.05, 0) is 13.8 Å². The molecule has 1 aliphatic rings. The van der Waals surface area contributed by atoms with E-state index in [1.54, 1.807) is 11.3 Å². The number of thiazole rings is 1. The second-order valence-corrected chi connectivity index (χ2v) is 6.60. The Hall–Kier alpha value is -1.47. The first-order chi connectivity index (χ1) is 9.90. The summed E-state index contributed by atoms with van der Waals surface area (Å²) in [4.78, 5) is 29.9. The molecule has 3 amide bonds. The van der Waals surface area contributed by atoms with E-state index in [1.165, 1.54) is 9.78 Å². The number of nitrogens with zero attached hydrogens (tertiary/aromatic N) is 2. The van der Waals surface area contributed by atoms with E-state index in [0.717, 1.165) is 10.7 Å². The third kappa shape index (κ3) is 3.59. The fourth-order valence-electron chi connectivity index (χ4n) is 2.25. The Balaban J connectivity index is 1.88. The molecule has 1 aromatic rings. The average Bonchev–Trinajstić information content (AvgIpc) is 2.95. The topological polar surface area (TPSA) is 74.3 Å². The van der Waals surface area contributed by atoms with Gasteiger partial charge in [0.05, 0.1) is 17.2 Å². The molecule has 2 rings (SSSR count). The standard InChI is InChI=1S/C14H22N4O2S/c1-8(2)13-17-10(4)12(21-13)9(3)15-5-6-18-11(19)7-16-14(18)20/h8-9,15H,5-7H2,1-4H3,(H,16,20). The van der Waals surface area contributed by atoms with Crippen LogP contribution in [0.4, 0.5) is 4.79 Å². The maximum Gasteiger partial charge on any atom is 0.324 e. The van der Waals surface area contributed by atoms with E-state index in [1.807, 2.05) is 6.92 Å². The van der Waals surface area contributed by atoms with Gasteiger partial charge in [-0.15, -0.1) is 11.3 Å². The number of imide groups is 1. The predicted molar refractivity (Wildman–Crippen MR) is 82.5 cm³/mol. The third-order valence-corrected chi connectivity index (χ3v) is 5.10. The summed E-state index contributed by atoms with van der Waals surface area (Å²) in [5.74, 6) is 0.270. The van der Waals surface area contributed by atoms with Crippen LogP contribution in [-0.2, 0) is 4.79 Å². The van der Waals surface area contributed by atoms with Gasteiger partial charge in [0.2, 0.25) is 5.91 Å². The van der Waals surface area contributed by atoms with Gasteiger partial charge in [-0.3, -0.25) is 9.69 Å². The zero-order valence-electron chi connectivity index (χ0n) is 12.9. The summed E-state index contributed by atoms with van der Waals surface area (Å²) in [5, 5.41) is 7.02. The molecule has 2 heterocycles. The lowest BCUT2D eigenvalue weighted by molar-refractivity contribution is -0.124. The maximum absolute atomic E-state index is 11.5. The number of hydrogen-bond donors (Lipinski definition) is 2. The highest BCUT2D eigenvalue weighted by Gasteiger charge is 2.27. The molecule has 0 radical (unpaired) electrons. The number of urea groups is 1. The van der Waals surface area contributed by atoms with E-state index in [-0.39, 0.29) is 24.5 Å². The molecule has 0 saturated carbocycles. The number of nitrogens with one attached hydrogen (secondary N) is 2. The van der Waals surface area contributed by atoms with Crippen molar-refractivity contribution >= 4 is 23.3 Å². The number of hydrogen-bond acceptors (Lipinski definition) is 5. The van der Waals surface area contributed by atoms with E-state index >= 15 is 0 Å². The Kier molecular flexibility index (Phi) is 4.95. The minimum absolute atomic E-state index is 0.111. The van der Waals surface area contributed by atoms with Gasteiger partial charge < -0.3 is 10.6 Å². The van der Waals surface area contributed by atoms with Crippen molar-refractivity contribution in [1.29, 1.82) is 0 Å². The smallest absolute Gasteiger partial charge is 0.324 e. The Labute approximate surface area is 128 Å². The molecule has 0 bridgehead atoms. The number of aromatic nitrogens is 1. The molecule has 0 aromatic carbocycles. The minimum Gasteiger partial charge on any atom is -0.329 e. The average molecular weight is 310 g/mol. The van der Waals surface area contributed by atoms with E-state index in [4.69, 9.17) is 0 Å². The molecule has 7 heteroatoms. The molecule has 1 saturated heterocycles. The molecular formula is C14H22N4O2S. The molecule has 1 unspecified atom stereocenters. The van der Waals surface area contributed by atoms with Crippen LogP contribution in [-0.4, -0.2) is 41.5 Å². The van der Waals surface area contributed by atoms with Crippen LogP contribution in [0.1, 0.15) is 48.3 Å². The highest BCUT2D eigenvalue weighted by Crippen LogP contribution is 2.29. The van der Waals surface area contributed by atoms with Crippen LogP contribution >= 0.6 is 11.3 Å². The van der Waals surface area contributed by atoms with Gasteiger partial charge in [0, 0.05) is 29.9 Å². The summed E-state index contributed by atoms with van der Waals surface area (Å²) in [6.45, 7) is 9.46. The fraction of sp³-hybridized carbons (Fsp3) is 0.643. The highest BCUT2D eigenvalue weighted by molar-refractivity contribution is 7.11. The number of amides is 3. The zero-order chi connectivity index (χ0) is 15.6. The Morgan fingerprint density at radius 1 is 1.38 bits per heavy atom. The molecule has 1 fully saturated rings. The molecular weight excluding hydrogens is 288 g/mol. The lowest BCUT2D eigenvalue weighted by Crippen LogP contribution is -2.37. The summed E-state index contributed by atoms with van der Waals surface area (Å²) in [5.41, 5.74) is 1.05. The zero-order valence-corrected chi connectivity index (χ0v) is 13.7. The molecule has 1 aromatic heterocycles. The molecule has 0 aliphatic carbocycles. The molecule has 6 nitrogen and oxygen atoms in total. The van der Waals surface area contributed by atoms with E-state index in [2.05, 4.69) is 36.4 Å². The summed E-state index contributed by atoms with van der Waals surface area (Å²) in [6.07, 6.45) is 0. The van der Waals surface area contributed by atoms with E-state index in [0.29, 0.717) is 19.0 Å². The van der Waals surface area contributed by atoms with E-state index < -0.39 is 0 Å². The van der Waals surface area contributed by atoms with Crippen molar-refractivity contribution in [2.24, 2.45) is 0 Å². The Bertz CT molecular complexity index is 525. The summed E-state index contributed by atoms with van der Waals surface area (Å²) in [7, 11) is 0. The van der Waals surface area contributed by atoms with Crippen LogP contribution in [0.2, 0.25) is 0 Å². The highest BCUT2D eigenvalue weighted by atomic mass is 32.1. The van der Waals surface area contributed by atoms with Crippen LogP contribution in [0, 0.1) is 6.92 Å². The van der Waals surface area contributed by atoms with Crippen LogP contribution in [0.5, 0.6) is 0 Å². The second kappa shape index (κ2) is 6.53. The SMILES string of the molecule is Cc1nc(C(C)C)sc1C(C)NCCN1C(=O)CNC1=O. The first kappa shape index (κ1) is 15.9. The van der Waals surface area contributed by atoms with Crippen LogP contribution in [0.25, 0.3) is 0 Å². The summed E-state index contributed by atoms with van der Waals surface area (Å²) >= 11 is 1.73. The van der Waals surface area contributed by atoms with Crippen molar-refractivity contribution in [3.8, 4) is 0 Å². The molecule has 116 valence electrons. The second-order valence-electron chi connectivity index (χ2n) is 5.54. The first-order valence-corrected chi connectivity index (χ1v) is 8.00. The first-order valence-electron chi connectivity index (χ1n) is 7.19. The van der Waals surface area contributed by atoms with Crippen molar-refractivity contribution in [2.45, 2.75) is 39.7 Å². The van der Waals surface area contributed by atoms with Gasteiger partial charge in [-0.2, -0.15) is 0 Å². The Morgan fingerprint density at radius 2 is 2.10 bits per heavy atom. The maximum atomic E-state index is 11.5. The van der Waals surface area contributed by atoms with E-state index in [9.17, 15) is 9.59 Å². The van der Waals surface area contributed by atoms with Gasteiger partial charge in [-0.25, -0.2) is 9.78 Å². The Morgan fingerprint density at radius 3 is 2.62 bits per heavy atom. The van der Waals surface area contributed by atoms with Crippen molar-refractivity contribution in [3.63, 3.8) is 0 Å². The van der Waals surface area contributed by atoms with Crippen LogP contribution < -0.4 is 10.6 Å². The van der Waals surface area contributed by atoms with Crippen molar-refractivity contribution < 1.29 is 9.59 Å². The van der Waals surface area contributed by atoms with Crippen molar-refractivity contribution in [2.75, 3.05) is 19.6 Å². The largest absolute Gasteiger partial charge is 0.329 e. The van der Waals surface area contributed by atoms with Crippen LogP contribution in [0.15, 0.2) is 0 Å². The molecule has 2 N–H and O–H groups in total. The number of aryl methyl sites for hydroxylation is 1. The summed E-state index contributed by atoms with van der Waals surface area (Å²) < 4.78 is 0. The van der Waals surface area contributed by atoms with Gasteiger partial charge in [-0.1, -0.05) is 13.8 Å². The third-order valence-electron chi connectivity index (χ3n) is 3.46. The monoisotopic (exact) mass is 310 g/mol. The lowest BCUT2D eigenvalue weighted by Gasteiger charge is -2.16. The minimum atomic E-state index is -0.300. The van der Waals surface area contributed by atoms with Gasteiger partial charge >= 0.3 is 6.03 Å². The van der Waals surface area contributed by atoms with Gasteiger partial charge in [0.1, 0.15) is 0 Å². The van der Waals surface area contributed by atoms with Crippen LogP contribution in [0.3, 0.4) is 0 Å². The number of rotatable bonds is 6. The quantitative estimate of drug-likeness (QED) is 0.785. The predicted octanol–water partition coefficient (Wildman–Crippen LogP) is 1.78. The van der Waals surface area contributed by atoms with Crippen molar-refractivity contribution in [3.05, 3.63) is 15.6 Å². The molecule has 21 heavy (non-hydrogen) atoms. The molecule has 0 spiro atoms. The fourth-order valence-corrected chi connectivity index (χ4v) is 3.34. The number of carbonyl (C=O) groups excluding carboxylic acids is 2. The van der Waals surface area contributed by atoms with Gasteiger partial charge in [0.15, 0.2) is 0 Å². The normalized spacial score (nSPS) is 16.7. The van der Waals surface area contributed by atoms with Crippen molar-refractivity contribution in [1.82, 2.24) is 20.5 Å². The molecule has 1 aliphatic heterocycles. The summed E-state index contributed by atoms with van der Waals surface area (Å²) in [6, 6.07) is -0.138. The molecule has 1 atom stereocenters. The lowest BCUT2D eigenvalue weighted by atomic mass is 10.2. The number of carbonyl (C=O) groups is 2. The van der Waals surface area contributed by atoms with Gasteiger partial charge in [0.25, 0.3) is 0 Å².